The van der Waals surface area contributed by atoms with Crippen LogP contribution < -0.4 is 10.2 Å². The number of rotatable bonds is 5. The van der Waals surface area contributed by atoms with Crippen molar-refractivity contribution in [1.29, 1.82) is 0 Å². The Morgan fingerprint density at radius 3 is 2.30 bits per heavy atom. The van der Waals surface area contributed by atoms with Crippen LogP contribution in [0.25, 0.3) is 0 Å². The molecule has 0 aliphatic carbocycles. The van der Waals surface area contributed by atoms with Gasteiger partial charge in [0.15, 0.2) is 0 Å². The third-order valence-corrected chi connectivity index (χ3v) is 4.13. The van der Waals surface area contributed by atoms with Gasteiger partial charge >= 0.3 is 11.7 Å². The average Bonchev–Trinajstić information content (AvgIpc) is 2.53. The molecule has 27 heavy (non-hydrogen) atoms. The lowest BCUT2D eigenvalue weighted by atomic mass is 10.0. The maximum Gasteiger partial charge on any atom is 0.353 e. The van der Waals surface area contributed by atoms with Crippen molar-refractivity contribution < 1.29 is 14.5 Å². The van der Waals surface area contributed by atoms with E-state index in [1.54, 1.807) is 34.6 Å². The lowest BCUT2D eigenvalue weighted by Crippen LogP contribution is -2.46. The lowest BCUT2D eigenvalue weighted by molar-refractivity contribution is -0.383. The minimum atomic E-state index is -1.20. The molecule has 1 saturated heterocycles. The molecule has 0 saturated carbocycles. The Labute approximate surface area is 159 Å². The number of hydrogen-bond acceptors (Lipinski definition) is 9. The minimum absolute atomic E-state index is 0.000197. The summed E-state index contributed by atoms with van der Waals surface area (Å²) >= 11 is 0. The van der Waals surface area contributed by atoms with Crippen LogP contribution in [0, 0.1) is 10.1 Å². The molecule has 1 aromatic rings. The second kappa shape index (κ2) is 7.63. The van der Waals surface area contributed by atoms with Gasteiger partial charge in [-0.3, -0.25) is 10.1 Å². The fraction of sp³-hybridized carbons (Fsp3) is 0.706. The first-order chi connectivity index (χ1) is 12.4. The molecule has 150 valence electrons. The van der Waals surface area contributed by atoms with Gasteiger partial charge in [0.25, 0.3) is 0 Å². The number of anilines is 2. The SMILES string of the molecule is CN1CCN(c2ncnc(NC(C)(C)C(=O)OC(C)(C)C)c2[N+](=O)[O-])CC1. The van der Waals surface area contributed by atoms with Gasteiger partial charge in [-0.1, -0.05) is 0 Å². The summed E-state index contributed by atoms with van der Waals surface area (Å²) in [5.41, 5.74) is -2.11. The summed E-state index contributed by atoms with van der Waals surface area (Å²) in [6, 6.07) is 0. The molecule has 0 amide bonds. The van der Waals surface area contributed by atoms with Gasteiger partial charge < -0.3 is 19.9 Å². The number of nitro groups is 1. The highest BCUT2D eigenvalue weighted by atomic mass is 16.6. The molecule has 2 heterocycles. The molecule has 0 bridgehead atoms. The zero-order valence-corrected chi connectivity index (χ0v) is 16.8. The molecule has 1 fully saturated rings. The van der Waals surface area contributed by atoms with Crippen LogP contribution in [0.2, 0.25) is 0 Å². The summed E-state index contributed by atoms with van der Waals surface area (Å²) in [4.78, 5) is 35.9. The molecule has 0 aromatic carbocycles. The van der Waals surface area contributed by atoms with E-state index in [-0.39, 0.29) is 17.3 Å². The standard InChI is InChI=1S/C17H28N6O4/c1-16(2,3)27-15(24)17(4,5)20-13-12(23(25)26)14(19-11-18-13)22-9-7-21(6)8-10-22/h11H,7-10H2,1-6H3,(H,18,19,20). The van der Waals surface area contributed by atoms with E-state index in [0.29, 0.717) is 13.1 Å². The Hall–Kier alpha value is -2.49. The first kappa shape index (κ1) is 20.8. The van der Waals surface area contributed by atoms with E-state index in [0.717, 1.165) is 13.1 Å². The first-order valence-electron chi connectivity index (χ1n) is 8.85. The summed E-state index contributed by atoms with van der Waals surface area (Å²) in [7, 11) is 2.00. The number of esters is 1. The van der Waals surface area contributed by atoms with E-state index in [9.17, 15) is 14.9 Å². The topological polar surface area (TPSA) is 114 Å². The van der Waals surface area contributed by atoms with Crippen LogP contribution in [0.15, 0.2) is 6.33 Å². The predicted molar refractivity (Wildman–Crippen MR) is 102 cm³/mol. The van der Waals surface area contributed by atoms with Gasteiger partial charge in [0.1, 0.15) is 17.5 Å². The number of carbonyl (C=O) groups is 1. The summed E-state index contributed by atoms with van der Waals surface area (Å²) in [6.45, 7) is 11.3. The van der Waals surface area contributed by atoms with Gasteiger partial charge in [0.2, 0.25) is 11.6 Å². The third kappa shape index (κ3) is 5.25. The van der Waals surface area contributed by atoms with Gasteiger partial charge in [-0.05, 0) is 41.7 Å². The summed E-state index contributed by atoms with van der Waals surface area (Å²) in [5, 5.41) is 14.6. The van der Waals surface area contributed by atoms with Crippen LogP contribution in [-0.4, -0.2) is 70.1 Å². The van der Waals surface area contributed by atoms with Gasteiger partial charge in [-0.2, -0.15) is 0 Å². The summed E-state index contributed by atoms with van der Waals surface area (Å²) in [5.74, 6) is -0.269. The molecule has 10 nitrogen and oxygen atoms in total. The number of nitrogens with zero attached hydrogens (tertiary/aromatic N) is 5. The lowest BCUT2D eigenvalue weighted by Gasteiger charge is -2.33. The Bertz CT molecular complexity index is 708. The first-order valence-corrected chi connectivity index (χ1v) is 8.85. The molecular weight excluding hydrogens is 352 g/mol. The smallest absolute Gasteiger partial charge is 0.353 e. The Kier molecular flexibility index (Phi) is 5.88. The van der Waals surface area contributed by atoms with Crippen molar-refractivity contribution in [3.05, 3.63) is 16.4 Å². The molecule has 0 atom stereocenters. The van der Waals surface area contributed by atoms with E-state index in [4.69, 9.17) is 4.74 Å². The third-order valence-electron chi connectivity index (χ3n) is 4.13. The fourth-order valence-electron chi connectivity index (χ4n) is 2.63. The van der Waals surface area contributed by atoms with Crippen LogP contribution in [-0.2, 0) is 9.53 Å². The normalized spacial score (nSPS) is 16.1. The molecule has 1 aromatic heterocycles. The molecule has 0 spiro atoms. The molecule has 1 N–H and O–H groups in total. The second-order valence-electron chi connectivity index (χ2n) is 8.19. The number of carbonyl (C=O) groups excluding carboxylic acids is 1. The fourth-order valence-corrected chi connectivity index (χ4v) is 2.63. The van der Waals surface area contributed by atoms with Crippen LogP contribution in [0.4, 0.5) is 17.3 Å². The zero-order chi connectivity index (χ0) is 20.4. The van der Waals surface area contributed by atoms with Crippen molar-refractivity contribution in [3.8, 4) is 0 Å². The predicted octanol–water partition coefficient (Wildman–Crippen LogP) is 1.67. The maximum absolute atomic E-state index is 12.5. The van der Waals surface area contributed by atoms with E-state index < -0.39 is 22.0 Å². The second-order valence-corrected chi connectivity index (χ2v) is 8.19. The monoisotopic (exact) mass is 380 g/mol. The quantitative estimate of drug-likeness (QED) is 0.463. The maximum atomic E-state index is 12.5. The Morgan fingerprint density at radius 2 is 1.78 bits per heavy atom. The molecule has 1 aliphatic rings. The minimum Gasteiger partial charge on any atom is -0.458 e. The van der Waals surface area contributed by atoms with Crippen molar-refractivity contribution in [3.63, 3.8) is 0 Å². The van der Waals surface area contributed by atoms with Crippen molar-refractivity contribution in [2.24, 2.45) is 0 Å². The van der Waals surface area contributed by atoms with E-state index in [1.165, 1.54) is 6.33 Å². The molecule has 0 unspecified atom stereocenters. The molecular formula is C17H28N6O4. The van der Waals surface area contributed by atoms with Gasteiger partial charge in [-0.25, -0.2) is 14.8 Å². The van der Waals surface area contributed by atoms with Gasteiger partial charge in [0, 0.05) is 26.2 Å². The molecule has 1 aliphatic heterocycles. The molecule has 0 radical (unpaired) electrons. The van der Waals surface area contributed by atoms with Crippen molar-refractivity contribution >= 4 is 23.3 Å². The van der Waals surface area contributed by atoms with Gasteiger partial charge in [-0.15, -0.1) is 0 Å². The van der Waals surface area contributed by atoms with E-state index in [1.807, 2.05) is 11.9 Å². The summed E-state index contributed by atoms with van der Waals surface area (Å²) in [6.07, 6.45) is 1.27. The van der Waals surface area contributed by atoms with Crippen molar-refractivity contribution in [1.82, 2.24) is 14.9 Å². The number of ether oxygens (including phenoxy) is 1. The Balaban J connectivity index is 2.33. The van der Waals surface area contributed by atoms with E-state index >= 15 is 0 Å². The number of piperazine rings is 1. The highest BCUT2D eigenvalue weighted by Gasteiger charge is 2.37. The average molecular weight is 380 g/mol. The Morgan fingerprint density at radius 1 is 1.19 bits per heavy atom. The number of nitrogens with one attached hydrogen (secondary N) is 1. The highest BCUT2D eigenvalue weighted by molar-refractivity contribution is 5.85. The van der Waals surface area contributed by atoms with Crippen LogP contribution in [0.5, 0.6) is 0 Å². The number of hydrogen-bond donors (Lipinski definition) is 1. The molecule has 10 heteroatoms. The van der Waals surface area contributed by atoms with Crippen LogP contribution >= 0.6 is 0 Å². The number of aromatic nitrogens is 2. The number of likely N-dealkylation sites (N-methyl/N-ethyl adjacent to an activating group) is 1. The summed E-state index contributed by atoms with van der Waals surface area (Å²) < 4.78 is 5.40. The van der Waals surface area contributed by atoms with E-state index in [2.05, 4.69) is 20.2 Å². The highest BCUT2D eigenvalue weighted by Crippen LogP contribution is 2.34. The van der Waals surface area contributed by atoms with Crippen molar-refractivity contribution in [2.45, 2.75) is 45.8 Å². The van der Waals surface area contributed by atoms with Crippen LogP contribution in [0.3, 0.4) is 0 Å². The van der Waals surface area contributed by atoms with Crippen molar-refractivity contribution in [2.75, 3.05) is 43.4 Å². The molecule has 2 rings (SSSR count). The zero-order valence-electron chi connectivity index (χ0n) is 16.8. The largest absolute Gasteiger partial charge is 0.458 e. The van der Waals surface area contributed by atoms with Gasteiger partial charge in [0.05, 0.1) is 4.92 Å². The van der Waals surface area contributed by atoms with Crippen LogP contribution in [0.1, 0.15) is 34.6 Å².